The number of methoxy groups -OCH3 is 1. The summed E-state index contributed by atoms with van der Waals surface area (Å²) in [7, 11) is 4.81. The zero-order chi connectivity index (χ0) is 19.1. The van der Waals surface area contributed by atoms with Crippen LogP contribution in [-0.2, 0) is 9.59 Å². The molecule has 142 valence electrons. The SMILES string of the molecule is COc1ccc(NC(=O)CCN2CCCCCC2=O)cc1C(=O)N(C)C. The number of ether oxygens (including phenoxy) is 1. The minimum atomic E-state index is -0.201. The van der Waals surface area contributed by atoms with Crippen molar-refractivity contribution in [3.05, 3.63) is 23.8 Å². The standard InChI is InChI=1S/C19H27N3O4/c1-21(2)19(25)15-13-14(8-9-16(15)26-3)20-17(23)10-12-22-11-6-4-5-7-18(22)24/h8-9,13H,4-7,10-12H2,1-3H3,(H,20,23). The van der Waals surface area contributed by atoms with Gasteiger partial charge in [-0.3, -0.25) is 14.4 Å². The van der Waals surface area contributed by atoms with Crippen LogP contribution in [0.15, 0.2) is 18.2 Å². The van der Waals surface area contributed by atoms with Crippen molar-refractivity contribution in [2.45, 2.75) is 32.1 Å². The first-order valence-corrected chi connectivity index (χ1v) is 8.89. The maximum atomic E-state index is 12.3. The molecule has 1 aromatic carbocycles. The van der Waals surface area contributed by atoms with Crippen LogP contribution in [0.4, 0.5) is 5.69 Å². The van der Waals surface area contributed by atoms with Crippen LogP contribution in [0.3, 0.4) is 0 Å². The Morgan fingerprint density at radius 1 is 1.23 bits per heavy atom. The highest BCUT2D eigenvalue weighted by Gasteiger charge is 2.18. The van der Waals surface area contributed by atoms with E-state index in [4.69, 9.17) is 4.74 Å². The summed E-state index contributed by atoms with van der Waals surface area (Å²) in [6.07, 6.45) is 3.77. The average Bonchev–Trinajstić information content (AvgIpc) is 2.83. The average molecular weight is 361 g/mol. The van der Waals surface area contributed by atoms with E-state index in [0.29, 0.717) is 30.0 Å². The number of benzene rings is 1. The van der Waals surface area contributed by atoms with Gasteiger partial charge in [0.25, 0.3) is 5.91 Å². The number of anilines is 1. The lowest BCUT2D eigenvalue weighted by atomic mass is 10.1. The van der Waals surface area contributed by atoms with Gasteiger partial charge >= 0.3 is 0 Å². The van der Waals surface area contributed by atoms with Crippen LogP contribution in [0.1, 0.15) is 42.5 Å². The van der Waals surface area contributed by atoms with Gasteiger partial charge < -0.3 is 19.9 Å². The van der Waals surface area contributed by atoms with Crippen LogP contribution in [0.2, 0.25) is 0 Å². The minimum absolute atomic E-state index is 0.124. The largest absolute Gasteiger partial charge is 0.496 e. The number of rotatable bonds is 6. The Bertz CT molecular complexity index is 673. The molecule has 7 heteroatoms. The molecule has 1 N–H and O–H groups in total. The van der Waals surface area contributed by atoms with Crippen molar-refractivity contribution in [1.82, 2.24) is 9.80 Å². The number of carbonyl (C=O) groups is 3. The van der Waals surface area contributed by atoms with Gasteiger partial charge in [0.2, 0.25) is 11.8 Å². The van der Waals surface area contributed by atoms with Crippen molar-refractivity contribution in [1.29, 1.82) is 0 Å². The molecule has 1 heterocycles. The second-order valence-corrected chi connectivity index (χ2v) is 6.60. The molecule has 1 aliphatic rings. The van der Waals surface area contributed by atoms with E-state index in [-0.39, 0.29) is 24.1 Å². The van der Waals surface area contributed by atoms with Gasteiger partial charge in [-0.15, -0.1) is 0 Å². The number of amides is 3. The van der Waals surface area contributed by atoms with Crippen LogP contribution in [-0.4, -0.2) is 61.8 Å². The fourth-order valence-electron chi connectivity index (χ4n) is 2.93. The third-order valence-corrected chi connectivity index (χ3v) is 4.40. The fraction of sp³-hybridized carbons (Fsp3) is 0.526. The summed E-state index contributed by atoms with van der Waals surface area (Å²) in [6.45, 7) is 1.14. The smallest absolute Gasteiger partial charge is 0.257 e. The molecule has 1 fully saturated rings. The maximum absolute atomic E-state index is 12.3. The first-order valence-electron chi connectivity index (χ1n) is 8.89. The topological polar surface area (TPSA) is 79.0 Å². The third-order valence-electron chi connectivity index (χ3n) is 4.40. The van der Waals surface area contributed by atoms with Gasteiger partial charge in [0.1, 0.15) is 5.75 Å². The molecule has 0 spiro atoms. The summed E-state index contributed by atoms with van der Waals surface area (Å²) < 4.78 is 5.22. The van der Waals surface area contributed by atoms with Gasteiger partial charge in [0.15, 0.2) is 0 Å². The van der Waals surface area contributed by atoms with Crippen molar-refractivity contribution in [3.8, 4) is 5.75 Å². The van der Waals surface area contributed by atoms with E-state index in [1.807, 2.05) is 0 Å². The van der Waals surface area contributed by atoms with Crippen LogP contribution in [0, 0.1) is 0 Å². The molecule has 7 nitrogen and oxygen atoms in total. The summed E-state index contributed by atoms with van der Waals surface area (Å²) in [5, 5.41) is 2.79. The van der Waals surface area contributed by atoms with Gasteiger partial charge in [-0.1, -0.05) is 6.42 Å². The van der Waals surface area contributed by atoms with Gasteiger partial charge in [-0.2, -0.15) is 0 Å². The molecule has 0 bridgehead atoms. The molecule has 1 aromatic rings. The number of nitrogens with one attached hydrogen (secondary N) is 1. The minimum Gasteiger partial charge on any atom is -0.496 e. The lowest BCUT2D eigenvalue weighted by Crippen LogP contribution is -2.33. The molecule has 0 aliphatic carbocycles. The van der Waals surface area contributed by atoms with E-state index < -0.39 is 0 Å². The number of carbonyl (C=O) groups excluding carboxylic acids is 3. The maximum Gasteiger partial charge on any atom is 0.257 e. The van der Waals surface area contributed by atoms with Crippen LogP contribution in [0.5, 0.6) is 5.75 Å². The highest BCUT2D eigenvalue weighted by molar-refractivity contribution is 5.99. The van der Waals surface area contributed by atoms with E-state index >= 15 is 0 Å². The molecule has 0 radical (unpaired) electrons. The number of likely N-dealkylation sites (tertiary alicyclic amines) is 1. The lowest BCUT2D eigenvalue weighted by molar-refractivity contribution is -0.131. The first kappa shape index (κ1) is 19.8. The van der Waals surface area contributed by atoms with Crippen molar-refractivity contribution in [2.24, 2.45) is 0 Å². The molecule has 0 aromatic heterocycles. The number of hydrogen-bond donors (Lipinski definition) is 1. The Morgan fingerprint density at radius 2 is 2.00 bits per heavy atom. The predicted molar refractivity (Wildman–Crippen MR) is 99.3 cm³/mol. The molecule has 0 saturated carbocycles. The Morgan fingerprint density at radius 3 is 2.69 bits per heavy atom. The molecular formula is C19H27N3O4. The van der Waals surface area contributed by atoms with Gasteiger partial charge in [-0.05, 0) is 31.0 Å². The highest BCUT2D eigenvalue weighted by Crippen LogP contribution is 2.24. The van der Waals surface area contributed by atoms with E-state index in [2.05, 4.69) is 5.32 Å². The summed E-state index contributed by atoms with van der Waals surface area (Å²) in [6, 6.07) is 4.96. The second kappa shape index (κ2) is 9.22. The molecule has 1 aliphatic heterocycles. The van der Waals surface area contributed by atoms with E-state index in [1.165, 1.54) is 12.0 Å². The summed E-state index contributed by atoms with van der Waals surface area (Å²) in [4.78, 5) is 39.7. The van der Waals surface area contributed by atoms with E-state index in [0.717, 1.165) is 25.8 Å². The lowest BCUT2D eigenvalue weighted by Gasteiger charge is -2.20. The summed E-state index contributed by atoms with van der Waals surface area (Å²) in [5.74, 6) is 0.194. The number of hydrogen-bond acceptors (Lipinski definition) is 4. The summed E-state index contributed by atoms with van der Waals surface area (Å²) >= 11 is 0. The van der Waals surface area contributed by atoms with Gasteiger partial charge in [0.05, 0.1) is 12.7 Å². The predicted octanol–water partition coefficient (Wildman–Crippen LogP) is 2.13. The van der Waals surface area contributed by atoms with Crippen LogP contribution >= 0.6 is 0 Å². The highest BCUT2D eigenvalue weighted by atomic mass is 16.5. The third kappa shape index (κ3) is 5.21. The normalized spacial score (nSPS) is 14.6. The zero-order valence-corrected chi connectivity index (χ0v) is 15.7. The van der Waals surface area contributed by atoms with E-state index in [1.54, 1.807) is 37.2 Å². The summed E-state index contributed by atoms with van der Waals surface area (Å²) in [5.41, 5.74) is 0.918. The van der Waals surface area contributed by atoms with Crippen LogP contribution < -0.4 is 10.1 Å². The van der Waals surface area contributed by atoms with E-state index in [9.17, 15) is 14.4 Å². The van der Waals surface area contributed by atoms with Crippen molar-refractivity contribution in [3.63, 3.8) is 0 Å². The number of nitrogens with zero attached hydrogens (tertiary/aromatic N) is 2. The molecule has 0 unspecified atom stereocenters. The Hall–Kier alpha value is -2.57. The molecule has 2 rings (SSSR count). The Labute approximate surface area is 154 Å². The van der Waals surface area contributed by atoms with Crippen molar-refractivity contribution < 1.29 is 19.1 Å². The molecule has 3 amide bonds. The molecule has 26 heavy (non-hydrogen) atoms. The van der Waals surface area contributed by atoms with Crippen molar-refractivity contribution >= 4 is 23.4 Å². The Kier molecular flexibility index (Phi) is 7.00. The molecular weight excluding hydrogens is 334 g/mol. The van der Waals surface area contributed by atoms with Crippen LogP contribution in [0.25, 0.3) is 0 Å². The monoisotopic (exact) mass is 361 g/mol. The Balaban J connectivity index is 1.99. The molecule has 0 atom stereocenters. The fourth-order valence-corrected chi connectivity index (χ4v) is 2.93. The quantitative estimate of drug-likeness (QED) is 0.842. The first-order chi connectivity index (χ1) is 12.4. The van der Waals surface area contributed by atoms with Crippen molar-refractivity contribution in [2.75, 3.05) is 39.6 Å². The second-order valence-electron chi connectivity index (χ2n) is 6.60. The molecule has 1 saturated heterocycles. The van der Waals surface area contributed by atoms with Gasteiger partial charge in [-0.25, -0.2) is 0 Å². The van der Waals surface area contributed by atoms with Gasteiger partial charge in [0, 0.05) is 45.7 Å². The zero-order valence-electron chi connectivity index (χ0n) is 15.7.